The molecule has 4 rings (SSSR count). The van der Waals surface area contributed by atoms with Crippen molar-refractivity contribution in [2.75, 3.05) is 18.3 Å². The maximum Gasteiger partial charge on any atom is 0.239 e. The monoisotopic (exact) mass is 466 g/mol. The Balaban J connectivity index is 1.37. The quantitative estimate of drug-likeness (QED) is 0.300. The van der Waals surface area contributed by atoms with E-state index in [1.54, 1.807) is 14.0 Å². The smallest absolute Gasteiger partial charge is 0.239 e. The Morgan fingerprint density at radius 1 is 1.19 bits per heavy atom. The number of amides is 1. The van der Waals surface area contributed by atoms with Crippen LogP contribution in [0.15, 0.2) is 65.1 Å². The van der Waals surface area contributed by atoms with Crippen LogP contribution < -0.4 is 15.9 Å². The van der Waals surface area contributed by atoms with Gasteiger partial charge in [-0.05, 0) is 24.6 Å². The van der Waals surface area contributed by atoms with Crippen LogP contribution in [-0.2, 0) is 11.2 Å². The summed E-state index contributed by atoms with van der Waals surface area (Å²) in [5, 5.41) is 13.7. The summed E-state index contributed by atoms with van der Waals surface area (Å²) in [5.74, 6) is 7.40. The number of hydrogen-bond acceptors (Lipinski definition) is 8. The molecule has 3 N–H and O–H groups in total. The second kappa shape index (κ2) is 9.84. The summed E-state index contributed by atoms with van der Waals surface area (Å²) in [6, 6.07) is 17.5. The topological polar surface area (TPSA) is 108 Å². The zero-order valence-electron chi connectivity index (χ0n) is 17.6. The third-order valence-corrected chi connectivity index (χ3v) is 6.53. The van der Waals surface area contributed by atoms with E-state index >= 15 is 0 Å². The molecule has 2 heterocycles. The van der Waals surface area contributed by atoms with Crippen molar-refractivity contribution in [1.82, 2.24) is 19.9 Å². The van der Waals surface area contributed by atoms with E-state index in [9.17, 15) is 4.79 Å². The number of rotatable bonds is 8. The first-order chi connectivity index (χ1) is 15.5. The van der Waals surface area contributed by atoms with E-state index in [1.165, 1.54) is 27.8 Å². The Bertz CT molecular complexity index is 1190. The summed E-state index contributed by atoms with van der Waals surface area (Å²) in [6.07, 6.45) is 0.524. The van der Waals surface area contributed by atoms with Crippen LogP contribution in [0.5, 0.6) is 5.75 Å². The number of anilines is 1. The molecule has 0 aliphatic carbocycles. The van der Waals surface area contributed by atoms with Crippen molar-refractivity contribution in [3.05, 3.63) is 71.4 Å². The Morgan fingerprint density at radius 3 is 2.66 bits per heavy atom. The zero-order valence-corrected chi connectivity index (χ0v) is 19.2. The van der Waals surface area contributed by atoms with E-state index < -0.39 is 5.25 Å². The lowest BCUT2D eigenvalue weighted by Gasteiger charge is -2.10. The minimum absolute atomic E-state index is 0.177. The lowest BCUT2D eigenvalue weighted by atomic mass is 10.1. The van der Waals surface area contributed by atoms with Gasteiger partial charge in [0.05, 0.1) is 18.1 Å². The number of aromatic nitrogens is 4. The Morgan fingerprint density at radius 2 is 1.94 bits per heavy atom. The van der Waals surface area contributed by atoms with Gasteiger partial charge in [-0.25, -0.2) is 9.66 Å². The Hall–Kier alpha value is -3.37. The summed E-state index contributed by atoms with van der Waals surface area (Å²) in [4.78, 5) is 17.2. The first kappa shape index (κ1) is 21.8. The molecule has 0 aliphatic rings. The number of methoxy groups -OCH3 is 1. The van der Waals surface area contributed by atoms with Crippen LogP contribution in [-0.4, -0.2) is 38.1 Å². The standard InChI is InChI=1S/C22H22N6O2S2/c1-14(20(29)25-21-24-18(13-31-21)16-6-4-3-5-7-16)32-22-27-26-19(28(22)23)12-15-8-10-17(30-2)11-9-15/h3-11,13-14H,12,23H2,1-2H3,(H,24,25,29)/t14-/m1/s1. The third-order valence-electron chi connectivity index (χ3n) is 4.71. The fourth-order valence-corrected chi connectivity index (χ4v) is 4.44. The van der Waals surface area contributed by atoms with Gasteiger partial charge in [0.2, 0.25) is 11.1 Å². The van der Waals surface area contributed by atoms with Gasteiger partial charge in [0.25, 0.3) is 0 Å². The molecule has 32 heavy (non-hydrogen) atoms. The molecule has 0 saturated heterocycles. The van der Waals surface area contributed by atoms with E-state index in [-0.39, 0.29) is 5.91 Å². The Labute approximate surface area is 193 Å². The summed E-state index contributed by atoms with van der Waals surface area (Å²) in [6.45, 7) is 1.80. The van der Waals surface area contributed by atoms with Crippen molar-refractivity contribution in [3.8, 4) is 17.0 Å². The summed E-state index contributed by atoms with van der Waals surface area (Å²) >= 11 is 2.64. The number of nitrogen functional groups attached to an aromatic ring is 1. The third kappa shape index (κ3) is 5.09. The van der Waals surface area contributed by atoms with E-state index in [2.05, 4.69) is 20.5 Å². The highest BCUT2D eigenvalue weighted by Crippen LogP contribution is 2.27. The fraction of sp³-hybridized carbons (Fsp3) is 0.182. The fourth-order valence-electron chi connectivity index (χ4n) is 2.93. The number of thioether (sulfide) groups is 1. The van der Waals surface area contributed by atoms with Gasteiger partial charge >= 0.3 is 0 Å². The minimum Gasteiger partial charge on any atom is -0.497 e. The molecule has 1 amide bonds. The van der Waals surface area contributed by atoms with Gasteiger partial charge in [-0.2, -0.15) is 0 Å². The highest BCUT2D eigenvalue weighted by atomic mass is 32.2. The molecule has 0 bridgehead atoms. The molecule has 164 valence electrons. The highest BCUT2D eigenvalue weighted by Gasteiger charge is 2.20. The molecule has 10 heteroatoms. The molecule has 2 aromatic carbocycles. The normalized spacial score (nSPS) is 11.8. The van der Waals surface area contributed by atoms with Crippen LogP contribution in [0.25, 0.3) is 11.3 Å². The summed E-state index contributed by atoms with van der Waals surface area (Å²) in [7, 11) is 1.63. The molecule has 0 radical (unpaired) electrons. The number of nitrogens with two attached hydrogens (primary N) is 1. The molecule has 0 spiro atoms. The number of carbonyl (C=O) groups is 1. The SMILES string of the molecule is COc1ccc(Cc2nnc(S[C@H](C)C(=O)Nc3nc(-c4ccccc4)cs3)n2N)cc1. The van der Waals surface area contributed by atoms with Crippen molar-refractivity contribution in [2.24, 2.45) is 0 Å². The van der Waals surface area contributed by atoms with Gasteiger partial charge in [0, 0.05) is 17.4 Å². The second-order valence-corrected chi connectivity index (χ2v) is 9.11. The molecule has 8 nitrogen and oxygen atoms in total. The molecular weight excluding hydrogens is 444 g/mol. The zero-order chi connectivity index (χ0) is 22.5. The molecule has 0 saturated carbocycles. The Kier molecular flexibility index (Phi) is 6.72. The summed E-state index contributed by atoms with van der Waals surface area (Å²) < 4.78 is 6.60. The van der Waals surface area contributed by atoms with Crippen LogP contribution >= 0.6 is 23.1 Å². The van der Waals surface area contributed by atoms with Crippen molar-refractivity contribution in [1.29, 1.82) is 0 Å². The van der Waals surface area contributed by atoms with Crippen molar-refractivity contribution >= 4 is 34.1 Å². The van der Waals surface area contributed by atoms with Crippen LogP contribution in [0.3, 0.4) is 0 Å². The number of hydrogen-bond donors (Lipinski definition) is 2. The van der Waals surface area contributed by atoms with Crippen molar-refractivity contribution < 1.29 is 9.53 Å². The number of nitrogens with one attached hydrogen (secondary N) is 1. The first-order valence-electron chi connectivity index (χ1n) is 9.84. The lowest BCUT2D eigenvalue weighted by molar-refractivity contribution is -0.115. The predicted octanol–water partition coefficient (Wildman–Crippen LogP) is 3.83. The van der Waals surface area contributed by atoms with Gasteiger partial charge in [-0.1, -0.05) is 54.2 Å². The average Bonchev–Trinajstić information content (AvgIpc) is 3.42. The number of nitrogens with zero attached hydrogens (tertiary/aromatic N) is 4. The molecule has 0 fully saturated rings. The van der Waals surface area contributed by atoms with Gasteiger partial charge in [-0.3, -0.25) is 4.79 Å². The number of benzene rings is 2. The van der Waals surface area contributed by atoms with E-state index in [0.717, 1.165) is 22.6 Å². The van der Waals surface area contributed by atoms with Crippen LogP contribution in [0.2, 0.25) is 0 Å². The number of ether oxygens (including phenoxy) is 1. The molecule has 2 aromatic heterocycles. The van der Waals surface area contributed by atoms with E-state index in [1.807, 2.05) is 60.0 Å². The predicted molar refractivity (Wildman–Crippen MR) is 127 cm³/mol. The van der Waals surface area contributed by atoms with Crippen molar-refractivity contribution in [3.63, 3.8) is 0 Å². The maximum atomic E-state index is 12.7. The van der Waals surface area contributed by atoms with Gasteiger partial charge in [-0.15, -0.1) is 21.5 Å². The minimum atomic E-state index is -0.431. The van der Waals surface area contributed by atoms with E-state index in [0.29, 0.717) is 22.5 Å². The summed E-state index contributed by atoms with van der Waals surface area (Å²) in [5.41, 5.74) is 2.87. The average molecular weight is 467 g/mol. The molecule has 0 aliphatic heterocycles. The molecule has 1 atom stereocenters. The van der Waals surface area contributed by atoms with Gasteiger partial charge in [0.1, 0.15) is 5.75 Å². The van der Waals surface area contributed by atoms with Crippen LogP contribution in [0.4, 0.5) is 5.13 Å². The van der Waals surface area contributed by atoms with Gasteiger partial charge < -0.3 is 15.9 Å². The van der Waals surface area contributed by atoms with Crippen molar-refractivity contribution in [2.45, 2.75) is 23.8 Å². The highest BCUT2D eigenvalue weighted by molar-refractivity contribution is 8.00. The van der Waals surface area contributed by atoms with E-state index in [4.69, 9.17) is 10.6 Å². The molecule has 4 aromatic rings. The molecular formula is C22H22N6O2S2. The van der Waals surface area contributed by atoms with Gasteiger partial charge in [0.15, 0.2) is 11.0 Å². The molecule has 0 unspecified atom stereocenters. The number of thiazole rings is 1. The first-order valence-corrected chi connectivity index (χ1v) is 11.6. The maximum absolute atomic E-state index is 12.7. The largest absolute Gasteiger partial charge is 0.497 e. The lowest BCUT2D eigenvalue weighted by Crippen LogP contribution is -2.23. The second-order valence-electron chi connectivity index (χ2n) is 6.95. The number of carbonyl (C=O) groups excluding carboxylic acids is 1. The van der Waals surface area contributed by atoms with Crippen LogP contribution in [0, 0.1) is 0 Å². The van der Waals surface area contributed by atoms with Crippen LogP contribution in [0.1, 0.15) is 18.3 Å².